The number of aliphatic hydroxyl groups is 2. The lowest BCUT2D eigenvalue weighted by Crippen LogP contribution is -2.36. The molecule has 0 saturated carbocycles. The van der Waals surface area contributed by atoms with Crippen molar-refractivity contribution in [2.45, 2.75) is 24.5 Å². The molecule has 23 heavy (non-hydrogen) atoms. The Morgan fingerprint density at radius 1 is 1.48 bits per heavy atom. The van der Waals surface area contributed by atoms with Crippen LogP contribution in [0.15, 0.2) is 17.1 Å². The third kappa shape index (κ3) is 3.94. The van der Waals surface area contributed by atoms with E-state index in [2.05, 4.69) is 14.0 Å². The normalized spacial score (nSPS) is 30.1. The van der Waals surface area contributed by atoms with E-state index in [9.17, 15) is 19.6 Å². The van der Waals surface area contributed by atoms with Gasteiger partial charge in [-0.3, -0.25) is 24.3 Å². The second-order valence-corrected chi connectivity index (χ2v) is 6.17. The molecule has 0 radical (unpaired) electrons. The average molecular weight is 353 g/mol. The first kappa shape index (κ1) is 18.0. The van der Waals surface area contributed by atoms with E-state index in [0.29, 0.717) is 0 Å². The van der Waals surface area contributed by atoms with Crippen LogP contribution in [0.1, 0.15) is 6.23 Å². The van der Waals surface area contributed by atoms with E-state index in [0.717, 1.165) is 11.7 Å². The molecule has 2 heterocycles. The van der Waals surface area contributed by atoms with Gasteiger partial charge in [-0.2, -0.15) is 4.98 Å². The predicted octanol–water partition coefficient (Wildman–Crippen LogP) is -1.57. The monoisotopic (exact) mass is 353 g/mol. The molecule has 0 spiro atoms. The lowest BCUT2D eigenvalue weighted by atomic mass is 10.1. The van der Waals surface area contributed by atoms with E-state index in [1.165, 1.54) is 12.3 Å². The number of phosphoric ester groups is 1. The second kappa shape index (κ2) is 7.03. The lowest BCUT2D eigenvalue weighted by molar-refractivity contribution is -0.0547. The van der Waals surface area contributed by atoms with Gasteiger partial charge < -0.3 is 19.8 Å². The molecule has 3 unspecified atom stereocenters. The quantitative estimate of drug-likeness (QED) is 0.295. The number of nitrogens with zero attached hydrogens (tertiary/aromatic N) is 2. The van der Waals surface area contributed by atoms with Crippen LogP contribution in [-0.4, -0.2) is 61.9 Å². The largest absolute Gasteiger partial charge is 0.472 e. The van der Waals surface area contributed by atoms with Gasteiger partial charge in [0.15, 0.2) is 12.0 Å². The molecule has 1 aliphatic rings. The number of hydrogen-bond acceptors (Lipinski definition) is 10. The van der Waals surface area contributed by atoms with Crippen LogP contribution in [0.2, 0.25) is 0 Å². The molecule has 13 heteroatoms. The smallest absolute Gasteiger partial charge is 0.387 e. The van der Waals surface area contributed by atoms with Crippen LogP contribution in [0.4, 0.5) is 5.82 Å². The van der Waals surface area contributed by atoms with Crippen LogP contribution >= 0.6 is 7.82 Å². The van der Waals surface area contributed by atoms with Gasteiger partial charge in [-0.1, -0.05) is 0 Å². The van der Waals surface area contributed by atoms with Gasteiger partial charge in [0.25, 0.3) is 0 Å². The summed E-state index contributed by atoms with van der Waals surface area (Å²) in [5.41, 5.74) is 0.833. The van der Waals surface area contributed by atoms with Crippen molar-refractivity contribution in [3.63, 3.8) is 0 Å². The van der Waals surface area contributed by atoms with Crippen molar-refractivity contribution in [3.8, 4) is 0 Å². The highest BCUT2D eigenvalue weighted by Crippen LogP contribution is 2.43. The Balaban J connectivity index is 2.13. The second-order valence-electron chi connectivity index (χ2n) is 4.61. The van der Waals surface area contributed by atoms with Crippen molar-refractivity contribution in [1.82, 2.24) is 9.55 Å². The topological polar surface area (TPSA) is 173 Å². The summed E-state index contributed by atoms with van der Waals surface area (Å²) in [4.78, 5) is 24.4. The Labute approximate surface area is 129 Å². The van der Waals surface area contributed by atoms with E-state index in [-0.39, 0.29) is 5.82 Å². The molecule has 0 amide bonds. The van der Waals surface area contributed by atoms with Crippen molar-refractivity contribution >= 4 is 13.6 Å². The number of aliphatic hydroxyl groups excluding tert-OH is 2. The van der Waals surface area contributed by atoms with Crippen molar-refractivity contribution in [2.24, 2.45) is 0 Å². The zero-order chi connectivity index (χ0) is 17.2. The Hall–Kier alpha value is -1.37. The minimum Gasteiger partial charge on any atom is -0.387 e. The van der Waals surface area contributed by atoms with Crippen molar-refractivity contribution in [1.29, 1.82) is 0 Å². The zero-order valence-corrected chi connectivity index (χ0v) is 12.7. The van der Waals surface area contributed by atoms with Gasteiger partial charge in [-0.05, 0) is 6.07 Å². The first-order valence-electron chi connectivity index (χ1n) is 6.33. The highest BCUT2D eigenvalue weighted by Gasteiger charge is 2.45. The maximum absolute atomic E-state index is 11.8. The molecule has 0 aliphatic carbocycles. The average Bonchev–Trinajstić information content (AvgIpc) is 2.81. The van der Waals surface area contributed by atoms with Crippen LogP contribution in [0.25, 0.3) is 0 Å². The highest BCUT2D eigenvalue weighted by atomic mass is 31.2. The highest BCUT2D eigenvalue weighted by molar-refractivity contribution is 7.47. The van der Waals surface area contributed by atoms with Gasteiger partial charge >= 0.3 is 13.5 Å². The molecule has 0 bridgehead atoms. The van der Waals surface area contributed by atoms with Crippen molar-refractivity contribution < 1.29 is 38.7 Å². The molecule has 5 atom stereocenters. The van der Waals surface area contributed by atoms with Crippen LogP contribution < -0.4 is 11.2 Å². The van der Waals surface area contributed by atoms with E-state index in [4.69, 9.17) is 14.8 Å². The Morgan fingerprint density at radius 2 is 2.17 bits per heavy atom. The number of phosphoric acid groups is 1. The summed E-state index contributed by atoms with van der Waals surface area (Å²) in [6.45, 7) is -0.547. The van der Waals surface area contributed by atoms with Crippen LogP contribution in [-0.2, 0) is 18.3 Å². The number of nitrogens with one attached hydrogen (secondary N) is 1. The summed E-state index contributed by atoms with van der Waals surface area (Å²) in [5, 5.41) is 28.5. The fourth-order valence-corrected chi connectivity index (χ4v) is 2.43. The number of hydrogen-bond donors (Lipinski definition) is 5. The predicted molar refractivity (Wildman–Crippen MR) is 72.6 cm³/mol. The summed E-state index contributed by atoms with van der Waals surface area (Å²) in [7, 11) is -3.31. The SMILES string of the molecule is COP(=O)(O)OCC1OC(n2ccc(NO)nc2=O)[C@H](O)[C@@H]1O. The van der Waals surface area contributed by atoms with Gasteiger partial charge in [0.05, 0.1) is 6.61 Å². The standard InChI is InChI=1S/C10H16N3O9P/c1-20-23(18,19)21-4-5-7(14)8(15)9(22-5)13-3-2-6(12-17)11-10(13)16/h2-3,5,7-9,14-15,17H,4H2,1H3,(H,18,19)(H,11,12,16)/t5?,7-,8-,9?/m1/s1. The van der Waals surface area contributed by atoms with Crippen molar-refractivity contribution in [3.05, 3.63) is 22.7 Å². The molecule has 12 nitrogen and oxygen atoms in total. The van der Waals surface area contributed by atoms with E-state index < -0.39 is 44.7 Å². The van der Waals surface area contributed by atoms with Gasteiger partial charge in [-0.15, -0.1) is 0 Å². The molecule has 1 fully saturated rings. The van der Waals surface area contributed by atoms with Gasteiger partial charge in [-0.25, -0.2) is 9.36 Å². The van der Waals surface area contributed by atoms with Gasteiger partial charge in [0, 0.05) is 13.3 Å². The number of rotatable bonds is 6. The Bertz CT molecular complexity index is 653. The third-order valence-corrected chi connectivity index (χ3v) is 4.13. The fourth-order valence-electron chi connectivity index (χ4n) is 1.99. The molecule has 0 aromatic carbocycles. The Morgan fingerprint density at radius 3 is 2.74 bits per heavy atom. The summed E-state index contributed by atoms with van der Waals surface area (Å²) >= 11 is 0. The zero-order valence-electron chi connectivity index (χ0n) is 11.8. The molecule has 1 aromatic heterocycles. The van der Waals surface area contributed by atoms with Gasteiger partial charge in [0.1, 0.15) is 18.3 Å². The molecule has 130 valence electrons. The molecule has 1 aliphatic heterocycles. The van der Waals surface area contributed by atoms with Gasteiger partial charge in [0.2, 0.25) is 0 Å². The maximum Gasteiger partial charge on any atom is 0.472 e. The lowest BCUT2D eigenvalue weighted by Gasteiger charge is -2.17. The minimum absolute atomic E-state index is 0.111. The number of ether oxygens (including phenoxy) is 1. The van der Waals surface area contributed by atoms with Crippen LogP contribution in [0.5, 0.6) is 0 Å². The molecular weight excluding hydrogens is 337 g/mol. The maximum atomic E-state index is 11.8. The van der Waals surface area contributed by atoms with E-state index in [1.54, 1.807) is 5.48 Å². The van der Waals surface area contributed by atoms with Crippen molar-refractivity contribution in [2.75, 3.05) is 19.2 Å². The summed E-state index contributed by atoms with van der Waals surface area (Å²) in [5.74, 6) is -0.111. The fraction of sp³-hybridized carbons (Fsp3) is 0.600. The minimum atomic E-state index is -4.27. The molecule has 5 N–H and O–H groups in total. The summed E-state index contributed by atoms with van der Waals surface area (Å²) < 4.78 is 26.2. The molecule has 2 rings (SSSR count). The molecular formula is C10H16N3O9P. The first-order chi connectivity index (χ1) is 10.8. The van der Waals surface area contributed by atoms with E-state index >= 15 is 0 Å². The Kier molecular flexibility index (Phi) is 5.49. The summed E-state index contributed by atoms with van der Waals surface area (Å²) in [6, 6.07) is 1.24. The molecule has 1 aromatic rings. The van der Waals surface area contributed by atoms with Crippen LogP contribution in [0, 0.1) is 0 Å². The third-order valence-electron chi connectivity index (χ3n) is 3.19. The summed E-state index contributed by atoms with van der Waals surface area (Å²) in [6.07, 6.45) is -4.25. The number of aromatic nitrogens is 2. The first-order valence-corrected chi connectivity index (χ1v) is 7.82. The van der Waals surface area contributed by atoms with Crippen LogP contribution in [0.3, 0.4) is 0 Å². The number of anilines is 1. The molecule has 1 saturated heterocycles. The van der Waals surface area contributed by atoms with E-state index in [1.807, 2.05) is 0 Å².